The number of nitrogens with zero attached hydrogens (tertiary/aromatic N) is 2. The van der Waals surface area contributed by atoms with Crippen LogP contribution in [0.25, 0.3) is 0 Å². The van der Waals surface area contributed by atoms with Crippen LogP contribution in [0.5, 0.6) is 0 Å². The van der Waals surface area contributed by atoms with E-state index in [0.29, 0.717) is 29.6 Å². The van der Waals surface area contributed by atoms with Crippen molar-refractivity contribution in [3.05, 3.63) is 74.8 Å². The van der Waals surface area contributed by atoms with E-state index in [-0.39, 0.29) is 10.6 Å². The second kappa shape index (κ2) is 8.14. The van der Waals surface area contributed by atoms with Gasteiger partial charge >= 0.3 is 0 Å². The summed E-state index contributed by atoms with van der Waals surface area (Å²) in [5.74, 6) is 0.568. The van der Waals surface area contributed by atoms with Gasteiger partial charge in [0.2, 0.25) is 0 Å². The topological polar surface area (TPSA) is 79.6 Å². The number of halogens is 1. The van der Waals surface area contributed by atoms with Crippen LogP contribution in [0.2, 0.25) is 5.02 Å². The molecule has 0 fully saturated rings. The lowest BCUT2D eigenvalue weighted by Crippen LogP contribution is -2.36. The summed E-state index contributed by atoms with van der Waals surface area (Å²) in [6.45, 7) is 0.894. The van der Waals surface area contributed by atoms with E-state index in [1.165, 1.54) is 6.07 Å². The van der Waals surface area contributed by atoms with Gasteiger partial charge in [-0.05, 0) is 17.7 Å². The van der Waals surface area contributed by atoms with Gasteiger partial charge in [0.1, 0.15) is 0 Å². The number of nitro groups is 1. The van der Waals surface area contributed by atoms with E-state index < -0.39 is 0 Å². The zero-order chi connectivity index (χ0) is 16.7. The van der Waals surface area contributed by atoms with E-state index in [4.69, 9.17) is 11.6 Å². The average Bonchev–Trinajstić information content (AvgIpc) is 2.56. The summed E-state index contributed by atoms with van der Waals surface area (Å²) in [4.78, 5) is 14.7. The van der Waals surface area contributed by atoms with Gasteiger partial charge in [-0.1, -0.05) is 41.9 Å². The van der Waals surface area contributed by atoms with Crippen molar-refractivity contribution in [2.24, 2.45) is 4.99 Å². The molecule has 0 unspecified atom stereocenters. The van der Waals surface area contributed by atoms with Crippen molar-refractivity contribution in [2.75, 3.05) is 7.05 Å². The van der Waals surface area contributed by atoms with Crippen LogP contribution in [0.3, 0.4) is 0 Å². The lowest BCUT2D eigenvalue weighted by atomic mass is 10.2. The molecule has 0 heterocycles. The summed E-state index contributed by atoms with van der Waals surface area (Å²) >= 11 is 5.85. The van der Waals surface area contributed by atoms with Crippen LogP contribution in [0, 0.1) is 10.1 Å². The van der Waals surface area contributed by atoms with Gasteiger partial charge in [-0.25, -0.2) is 0 Å². The molecule has 0 aliphatic rings. The Bertz CT molecular complexity index is 701. The van der Waals surface area contributed by atoms with Gasteiger partial charge in [-0.2, -0.15) is 0 Å². The van der Waals surface area contributed by atoms with Gasteiger partial charge in [-0.3, -0.25) is 15.1 Å². The Kier molecular flexibility index (Phi) is 5.94. The third-order valence-corrected chi connectivity index (χ3v) is 3.48. The first-order valence-corrected chi connectivity index (χ1v) is 7.39. The quantitative estimate of drug-likeness (QED) is 0.381. The maximum Gasteiger partial charge on any atom is 0.274 e. The molecule has 0 aromatic heterocycles. The highest BCUT2D eigenvalue weighted by Crippen LogP contribution is 2.17. The minimum absolute atomic E-state index is 0.0909. The van der Waals surface area contributed by atoms with E-state index >= 15 is 0 Å². The maximum absolute atomic E-state index is 11.0. The number of nitrogens with one attached hydrogen (secondary N) is 2. The maximum atomic E-state index is 11.0. The van der Waals surface area contributed by atoms with Crippen LogP contribution >= 0.6 is 11.6 Å². The molecule has 2 aromatic rings. The number of hydrogen-bond donors (Lipinski definition) is 2. The SMILES string of the molecule is CN=C(NCc1ccc(Cl)cc1)NCc1ccccc1[N+](=O)[O-]. The Morgan fingerprint density at radius 1 is 1.13 bits per heavy atom. The largest absolute Gasteiger partial charge is 0.352 e. The summed E-state index contributed by atoms with van der Waals surface area (Å²) < 4.78 is 0. The van der Waals surface area contributed by atoms with Crippen LogP contribution in [-0.2, 0) is 13.1 Å². The third-order valence-electron chi connectivity index (χ3n) is 3.23. The lowest BCUT2D eigenvalue weighted by Gasteiger charge is -2.12. The van der Waals surface area contributed by atoms with Crippen molar-refractivity contribution < 1.29 is 4.92 Å². The van der Waals surface area contributed by atoms with Crippen LogP contribution in [-0.4, -0.2) is 17.9 Å². The number of nitro benzene ring substituents is 1. The normalized spacial score (nSPS) is 11.1. The van der Waals surface area contributed by atoms with Crippen LogP contribution < -0.4 is 10.6 Å². The predicted octanol–water partition coefficient (Wildman–Crippen LogP) is 3.11. The zero-order valence-corrected chi connectivity index (χ0v) is 13.4. The average molecular weight is 333 g/mol. The second-order valence-electron chi connectivity index (χ2n) is 4.79. The van der Waals surface area contributed by atoms with E-state index in [9.17, 15) is 10.1 Å². The van der Waals surface area contributed by atoms with Gasteiger partial charge < -0.3 is 10.6 Å². The smallest absolute Gasteiger partial charge is 0.274 e. The zero-order valence-electron chi connectivity index (χ0n) is 12.6. The molecule has 0 saturated carbocycles. The number of para-hydroxylation sites is 1. The van der Waals surface area contributed by atoms with E-state index in [1.807, 2.05) is 24.3 Å². The first-order chi connectivity index (χ1) is 11.1. The fourth-order valence-electron chi connectivity index (χ4n) is 2.03. The fourth-order valence-corrected chi connectivity index (χ4v) is 2.15. The molecule has 0 radical (unpaired) electrons. The Morgan fingerprint density at radius 3 is 2.43 bits per heavy atom. The standard InChI is InChI=1S/C16H17ClN4O2/c1-18-16(19-10-12-6-8-14(17)9-7-12)20-11-13-4-2-3-5-15(13)21(22)23/h2-9H,10-11H2,1H3,(H2,18,19,20). The van der Waals surface area contributed by atoms with Crippen molar-refractivity contribution >= 4 is 23.2 Å². The van der Waals surface area contributed by atoms with Crippen molar-refractivity contribution in [2.45, 2.75) is 13.1 Å². The monoisotopic (exact) mass is 332 g/mol. The Labute approximate surface area is 139 Å². The molecule has 7 heteroatoms. The Morgan fingerprint density at radius 2 is 1.78 bits per heavy atom. The molecule has 0 spiro atoms. The molecule has 23 heavy (non-hydrogen) atoms. The summed E-state index contributed by atoms with van der Waals surface area (Å²) in [5.41, 5.74) is 1.75. The minimum Gasteiger partial charge on any atom is -0.352 e. The number of aliphatic imine (C=N–C) groups is 1. The Balaban J connectivity index is 1.93. The molecule has 0 saturated heterocycles. The fraction of sp³-hybridized carbons (Fsp3) is 0.188. The van der Waals surface area contributed by atoms with Gasteiger partial charge in [0, 0.05) is 36.8 Å². The molecule has 2 aromatic carbocycles. The van der Waals surface area contributed by atoms with Crippen LogP contribution in [0.15, 0.2) is 53.5 Å². The molecule has 2 rings (SSSR count). The van der Waals surface area contributed by atoms with Gasteiger partial charge in [0.05, 0.1) is 4.92 Å². The highest BCUT2D eigenvalue weighted by atomic mass is 35.5. The van der Waals surface area contributed by atoms with Crippen LogP contribution in [0.1, 0.15) is 11.1 Å². The van der Waals surface area contributed by atoms with Gasteiger partial charge in [0.25, 0.3) is 5.69 Å². The number of guanidine groups is 1. The van der Waals surface area contributed by atoms with Crippen molar-refractivity contribution in [1.82, 2.24) is 10.6 Å². The molecule has 0 aliphatic heterocycles. The summed E-state index contributed by atoms with van der Waals surface area (Å²) in [6.07, 6.45) is 0. The molecular weight excluding hydrogens is 316 g/mol. The lowest BCUT2D eigenvalue weighted by molar-refractivity contribution is -0.385. The van der Waals surface area contributed by atoms with Crippen molar-refractivity contribution in [3.8, 4) is 0 Å². The summed E-state index contributed by atoms with van der Waals surface area (Å²) in [7, 11) is 1.65. The third kappa shape index (κ3) is 4.96. The number of hydrogen-bond acceptors (Lipinski definition) is 3. The van der Waals surface area contributed by atoms with Crippen molar-refractivity contribution in [3.63, 3.8) is 0 Å². The van der Waals surface area contributed by atoms with E-state index in [0.717, 1.165) is 5.56 Å². The number of rotatable bonds is 5. The highest BCUT2D eigenvalue weighted by molar-refractivity contribution is 6.30. The van der Waals surface area contributed by atoms with Gasteiger partial charge in [0.15, 0.2) is 5.96 Å². The minimum atomic E-state index is -0.388. The highest BCUT2D eigenvalue weighted by Gasteiger charge is 2.12. The predicted molar refractivity (Wildman–Crippen MR) is 91.6 cm³/mol. The first kappa shape index (κ1) is 16.8. The second-order valence-corrected chi connectivity index (χ2v) is 5.23. The first-order valence-electron chi connectivity index (χ1n) is 7.01. The molecular formula is C16H17ClN4O2. The van der Waals surface area contributed by atoms with Crippen molar-refractivity contribution in [1.29, 1.82) is 0 Å². The number of benzene rings is 2. The molecule has 6 nitrogen and oxygen atoms in total. The molecule has 0 bridgehead atoms. The molecule has 0 amide bonds. The molecule has 120 valence electrons. The summed E-state index contributed by atoms with van der Waals surface area (Å²) in [5, 5.41) is 17.9. The molecule has 0 atom stereocenters. The molecule has 0 aliphatic carbocycles. The van der Waals surface area contributed by atoms with E-state index in [2.05, 4.69) is 15.6 Å². The van der Waals surface area contributed by atoms with Crippen LogP contribution in [0.4, 0.5) is 5.69 Å². The van der Waals surface area contributed by atoms with E-state index in [1.54, 1.807) is 25.2 Å². The Hall–Kier alpha value is -2.60. The molecule has 2 N–H and O–H groups in total. The summed E-state index contributed by atoms with van der Waals surface area (Å²) in [6, 6.07) is 14.1. The van der Waals surface area contributed by atoms with Gasteiger partial charge in [-0.15, -0.1) is 0 Å².